The van der Waals surface area contributed by atoms with Crippen molar-refractivity contribution in [3.8, 4) is 11.1 Å². The molecule has 118 valence electrons. The molecule has 1 aliphatic heterocycles. The first-order valence-corrected chi connectivity index (χ1v) is 7.86. The molecule has 1 aliphatic rings. The summed E-state index contributed by atoms with van der Waals surface area (Å²) in [7, 11) is 0. The molecule has 0 spiro atoms. The molecule has 4 nitrogen and oxygen atoms in total. The van der Waals surface area contributed by atoms with E-state index in [9.17, 15) is 14.7 Å². The van der Waals surface area contributed by atoms with E-state index in [1.807, 2.05) is 42.5 Å². The van der Waals surface area contributed by atoms with E-state index in [0.717, 1.165) is 24.0 Å². The van der Waals surface area contributed by atoms with Crippen molar-refractivity contribution in [1.82, 2.24) is 4.90 Å². The van der Waals surface area contributed by atoms with E-state index < -0.39 is 12.0 Å². The lowest BCUT2D eigenvalue weighted by atomic mass is 9.99. The summed E-state index contributed by atoms with van der Waals surface area (Å²) in [6.45, 7) is 0.510. The van der Waals surface area contributed by atoms with Crippen molar-refractivity contribution in [2.45, 2.75) is 25.3 Å². The number of benzene rings is 2. The Morgan fingerprint density at radius 2 is 1.57 bits per heavy atom. The number of aliphatic carboxylic acids is 1. The predicted octanol–water partition coefficient (Wildman–Crippen LogP) is 3.43. The predicted molar refractivity (Wildman–Crippen MR) is 88.2 cm³/mol. The average Bonchev–Trinajstić information content (AvgIpc) is 2.62. The summed E-state index contributed by atoms with van der Waals surface area (Å²) in [4.78, 5) is 25.5. The lowest BCUT2D eigenvalue weighted by Gasteiger charge is -2.33. The minimum atomic E-state index is -0.918. The lowest BCUT2D eigenvalue weighted by molar-refractivity contribution is -0.143. The van der Waals surface area contributed by atoms with E-state index in [-0.39, 0.29) is 5.91 Å². The molecule has 23 heavy (non-hydrogen) atoms. The number of rotatable bonds is 3. The second-order valence-electron chi connectivity index (χ2n) is 5.79. The van der Waals surface area contributed by atoms with Crippen molar-refractivity contribution in [3.05, 3.63) is 60.2 Å². The maximum Gasteiger partial charge on any atom is 0.326 e. The molecule has 2 aromatic rings. The second-order valence-corrected chi connectivity index (χ2v) is 5.79. The number of nitrogens with zero attached hydrogens (tertiary/aromatic N) is 1. The Bertz CT molecular complexity index is 694. The van der Waals surface area contributed by atoms with Crippen LogP contribution in [0.1, 0.15) is 29.6 Å². The lowest BCUT2D eigenvalue weighted by Crippen LogP contribution is -2.47. The van der Waals surface area contributed by atoms with Crippen LogP contribution in [0.4, 0.5) is 0 Å². The largest absolute Gasteiger partial charge is 0.480 e. The van der Waals surface area contributed by atoms with Crippen LogP contribution in [-0.2, 0) is 4.79 Å². The number of amides is 1. The van der Waals surface area contributed by atoms with Crippen molar-refractivity contribution >= 4 is 11.9 Å². The van der Waals surface area contributed by atoms with Crippen LogP contribution in [0.5, 0.6) is 0 Å². The fourth-order valence-electron chi connectivity index (χ4n) is 3.03. The van der Waals surface area contributed by atoms with Crippen LogP contribution in [0.15, 0.2) is 54.6 Å². The highest BCUT2D eigenvalue weighted by Gasteiger charge is 2.32. The summed E-state index contributed by atoms with van der Waals surface area (Å²) < 4.78 is 0. The van der Waals surface area contributed by atoms with Gasteiger partial charge < -0.3 is 10.0 Å². The highest BCUT2D eigenvalue weighted by atomic mass is 16.4. The van der Waals surface area contributed by atoms with Gasteiger partial charge in [0.15, 0.2) is 0 Å². The molecule has 2 aromatic carbocycles. The number of carboxylic acid groups (broad SMARTS) is 1. The fraction of sp³-hybridized carbons (Fsp3) is 0.263. The zero-order valence-corrected chi connectivity index (χ0v) is 12.8. The van der Waals surface area contributed by atoms with Crippen molar-refractivity contribution in [2.24, 2.45) is 0 Å². The maximum absolute atomic E-state index is 12.6. The van der Waals surface area contributed by atoms with Gasteiger partial charge in [-0.15, -0.1) is 0 Å². The Balaban J connectivity index is 1.81. The standard InChI is InChI=1S/C19H19NO3/c21-18(20-13-5-4-8-17(20)19(22)23)16-11-9-15(10-12-16)14-6-2-1-3-7-14/h1-3,6-7,9-12,17H,4-5,8,13H2,(H,22,23)/t17-/m1/s1. The number of carboxylic acids is 1. The number of carbonyl (C=O) groups is 2. The molecule has 4 heteroatoms. The van der Waals surface area contributed by atoms with E-state index in [4.69, 9.17) is 0 Å². The molecule has 0 unspecified atom stereocenters. The van der Waals surface area contributed by atoms with Gasteiger partial charge in [-0.05, 0) is 42.5 Å². The highest BCUT2D eigenvalue weighted by molar-refractivity contribution is 5.97. The van der Waals surface area contributed by atoms with Crippen molar-refractivity contribution in [1.29, 1.82) is 0 Å². The first kappa shape index (κ1) is 15.3. The van der Waals surface area contributed by atoms with Gasteiger partial charge in [0.1, 0.15) is 6.04 Å². The topological polar surface area (TPSA) is 57.6 Å². The van der Waals surface area contributed by atoms with Crippen molar-refractivity contribution in [3.63, 3.8) is 0 Å². The van der Waals surface area contributed by atoms with Gasteiger partial charge in [0.05, 0.1) is 0 Å². The minimum absolute atomic E-state index is 0.197. The Kier molecular flexibility index (Phi) is 4.42. The van der Waals surface area contributed by atoms with E-state index in [1.54, 1.807) is 12.1 Å². The number of piperidine rings is 1. The van der Waals surface area contributed by atoms with Gasteiger partial charge in [-0.3, -0.25) is 4.79 Å². The zero-order chi connectivity index (χ0) is 16.2. The van der Waals surface area contributed by atoms with Crippen molar-refractivity contribution in [2.75, 3.05) is 6.54 Å². The number of carbonyl (C=O) groups excluding carboxylic acids is 1. The Labute approximate surface area is 135 Å². The van der Waals surface area contributed by atoms with Gasteiger partial charge in [0, 0.05) is 12.1 Å². The molecule has 1 fully saturated rings. The van der Waals surface area contributed by atoms with Crippen LogP contribution in [0.2, 0.25) is 0 Å². The molecule has 1 amide bonds. The molecule has 1 heterocycles. The van der Waals surface area contributed by atoms with Crippen LogP contribution in [-0.4, -0.2) is 34.5 Å². The maximum atomic E-state index is 12.6. The Morgan fingerprint density at radius 1 is 0.913 bits per heavy atom. The van der Waals surface area contributed by atoms with E-state index in [0.29, 0.717) is 18.5 Å². The molecule has 0 bridgehead atoms. The third kappa shape index (κ3) is 3.26. The van der Waals surface area contributed by atoms with Crippen LogP contribution >= 0.6 is 0 Å². The molecule has 0 radical (unpaired) electrons. The van der Waals surface area contributed by atoms with Gasteiger partial charge >= 0.3 is 5.97 Å². The summed E-state index contributed by atoms with van der Waals surface area (Å²) in [6, 6.07) is 16.6. The van der Waals surface area contributed by atoms with Crippen LogP contribution in [0, 0.1) is 0 Å². The van der Waals surface area contributed by atoms with E-state index >= 15 is 0 Å². The quantitative estimate of drug-likeness (QED) is 0.945. The molecule has 0 aromatic heterocycles. The SMILES string of the molecule is O=C(O)[C@H]1CCCCN1C(=O)c1ccc(-c2ccccc2)cc1. The summed E-state index contributed by atoms with van der Waals surface area (Å²) in [6.07, 6.45) is 2.24. The molecule has 1 atom stereocenters. The monoisotopic (exact) mass is 309 g/mol. The molecular weight excluding hydrogens is 290 g/mol. The fourth-order valence-corrected chi connectivity index (χ4v) is 3.03. The smallest absolute Gasteiger partial charge is 0.326 e. The molecular formula is C19H19NO3. The third-order valence-corrected chi connectivity index (χ3v) is 4.29. The van der Waals surface area contributed by atoms with E-state index in [2.05, 4.69) is 0 Å². The van der Waals surface area contributed by atoms with Gasteiger partial charge in [-0.25, -0.2) is 4.79 Å². The summed E-state index contributed by atoms with van der Waals surface area (Å²) in [5, 5.41) is 9.30. The third-order valence-electron chi connectivity index (χ3n) is 4.29. The molecule has 0 aliphatic carbocycles. The molecule has 3 rings (SSSR count). The van der Waals surface area contributed by atoms with Gasteiger partial charge in [0.2, 0.25) is 0 Å². The Hall–Kier alpha value is -2.62. The van der Waals surface area contributed by atoms with Crippen LogP contribution < -0.4 is 0 Å². The summed E-state index contributed by atoms with van der Waals surface area (Å²) in [5.74, 6) is -1.12. The van der Waals surface area contributed by atoms with Crippen molar-refractivity contribution < 1.29 is 14.7 Å². The normalized spacial score (nSPS) is 17.7. The molecule has 0 saturated carbocycles. The number of hydrogen-bond acceptors (Lipinski definition) is 2. The van der Waals surface area contributed by atoms with Gasteiger partial charge in [-0.1, -0.05) is 42.5 Å². The molecule has 1 saturated heterocycles. The number of hydrogen-bond donors (Lipinski definition) is 1. The van der Waals surface area contributed by atoms with Gasteiger partial charge in [0.25, 0.3) is 5.91 Å². The Morgan fingerprint density at radius 3 is 2.22 bits per heavy atom. The number of likely N-dealkylation sites (tertiary alicyclic amines) is 1. The zero-order valence-electron chi connectivity index (χ0n) is 12.8. The summed E-state index contributed by atoms with van der Waals surface area (Å²) in [5.41, 5.74) is 2.67. The van der Waals surface area contributed by atoms with Crippen LogP contribution in [0.25, 0.3) is 11.1 Å². The minimum Gasteiger partial charge on any atom is -0.480 e. The first-order chi connectivity index (χ1) is 11.2. The van der Waals surface area contributed by atoms with Gasteiger partial charge in [-0.2, -0.15) is 0 Å². The average molecular weight is 309 g/mol. The molecule has 1 N–H and O–H groups in total. The summed E-state index contributed by atoms with van der Waals surface area (Å²) >= 11 is 0. The second kappa shape index (κ2) is 6.65. The van der Waals surface area contributed by atoms with E-state index in [1.165, 1.54) is 4.90 Å². The first-order valence-electron chi connectivity index (χ1n) is 7.86. The highest BCUT2D eigenvalue weighted by Crippen LogP contribution is 2.23. The van der Waals surface area contributed by atoms with Crippen LogP contribution in [0.3, 0.4) is 0 Å².